The van der Waals surface area contributed by atoms with Crippen molar-refractivity contribution < 1.29 is 19.0 Å². The summed E-state index contributed by atoms with van der Waals surface area (Å²) in [6.45, 7) is 0.0784. The van der Waals surface area contributed by atoms with Gasteiger partial charge in [-0.15, -0.1) is 0 Å². The number of rotatable bonds is 4. The van der Waals surface area contributed by atoms with Crippen LogP contribution in [0.4, 0.5) is 4.39 Å². The second-order valence-electron chi connectivity index (χ2n) is 4.24. The Labute approximate surface area is 122 Å². The van der Waals surface area contributed by atoms with E-state index in [1.54, 1.807) is 37.4 Å². The molecule has 0 saturated carbocycles. The van der Waals surface area contributed by atoms with E-state index in [0.29, 0.717) is 23.7 Å². The first-order valence-electron chi connectivity index (χ1n) is 6.38. The van der Waals surface area contributed by atoms with Gasteiger partial charge < -0.3 is 14.6 Å². The zero-order valence-corrected chi connectivity index (χ0v) is 11.6. The van der Waals surface area contributed by atoms with Crippen molar-refractivity contribution in [3.8, 4) is 23.3 Å². The molecule has 0 spiro atoms. The fourth-order valence-corrected chi connectivity index (χ4v) is 1.74. The predicted octanol–water partition coefficient (Wildman–Crippen LogP) is 2.76. The molecule has 1 N–H and O–H groups in total. The first kappa shape index (κ1) is 14.9. The van der Waals surface area contributed by atoms with Crippen LogP contribution in [0, 0.1) is 17.7 Å². The molecule has 0 atom stereocenters. The second-order valence-corrected chi connectivity index (χ2v) is 4.24. The lowest BCUT2D eigenvalue weighted by molar-refractivity contribution is 0.304. The molecule has 0 fully saturated rings. The highest BCUT2D eigenvalue weighted by molar-refractivity contribution is 5.50. The van der Waals surface area contributed by atoms with Crippen molar-refractivity contribution >= 4 is 0 Å². The van der Waals surface area contributed by atoms with E-state index in [9.17, 15) is 4.39 Å². The highest BCUT2D eigenvalue weighted by atomic mass is 19.1. The van der Waals surface area contributed by atoms with Gasteiger partial charge in [-0.2, -0.15) is 0 Å². The van der Waals surface area contributed by atoms with E-state index >= 15 is 0 Å². The summed E-state index contributed by atoms with van der Waals surface area (Å²) in [7, 11) is 1.57. The highest BCUT2D eigenvalue weighted by Crippen LogP contribution is 2.24. The van der Waals surface area contributed by atoms with Gasteiger partial charge in [0, 0.05) is 0 Å². The van der Waals surface area contributed by atoms with Crippen LogP contribution >= 0.6 is 0 Å². The monoisotopic (exact) mass is 286 g/mol. The molecule has 0 aliphatic heterocycles. The molecular weight excluding hydrogens is 271 g/mol. The average Bonchev–Trinajstić information content (AvgIpc) is 2.52. The van der Waals surface area contributed by atoms with Gasteiger partial charge in [0.25, 0.3) is 0 Å². The first-order chi connectivity index (χ1) is 10.2. The Bertz CT molecular complexity index is 654. The molecule has 0 radical (unpaired) electrons. The molecule has 21 heavy (non-hydrogen) atoms. The van der Waals surface area contributed by atoms with Gasteiger partial charge in [0.2, 0.25) is 0 Å². The third-order valence-electron chi connectivity index (χ3n) is 2.80. The Hall–Kier alpha value is -2.51. The van der Waals surface area contributed by atoms with Gasteiger partial charge in [-0.1, -0.05) is 24.0 Å². The number of benzene rings is 2. The Morgan fingerprint density at radius 3 is 2.57 bits per heavy atom. The molecule has 2 aromatic carbocycles. The van der Waals surface area contributed by atoms with Crippen molar-refractivity contribution in [1.82, 2.24) is 0 Å². The fraction of sp³-hybridized carbons (Fsp3) is 0.176. The van der Waals surface area contributed by atoms with Crippen LogP contribution in [0.5, 0.6) is 11.5 Å². The first-order valence-corrected chi connectivity index (χ1v) is 6.38. The summed E-state index contributed by atoms with van der Waals surface area (Å²) in [4.78, 5) is 0. The van der Waals surface area contributed by atoms with E-state index in [-0.39, 0.29) is 12.4 Å². The molecule has 0 aromatic heterocycles. The van der Waals surface area contributed by atoms with Gasteiger partial charge in [0.15, 0.2) is 0 Å². The average molecular weight is 286 g/mol. The number of hydrogen-bond acceptors (Lipinski definition) is 3. The van der Waals surface area contributed by atoms with Gasteiger partial charge in [-0.3, -0.25) is 0 Å². The number of ether oxygens (including phenoxy) is 2. The molecule has 0 saturated heterocycles. The van der Waals surface area contributed by atoms with Crippen molar-refractivity contribution in [1.29, 1.82) is 0 Å². The zero-order valence-electron chi connectivity index (χ0n) is 11.6. The van der Waals surface area contributed by atoms with Crippen molar-refractivity contribution in [2.75, 3.05) is 13.7 Å². The summed E-state index contributed by atoms with van der Waals surface area (Å²) in [5.41, 5.74) is 1.48. The van der Waals surface area contributed by atoms with Crippen LogP contribution in [-0.4, -0.2) is 18.8 Å². The van der Waals surface area contributed by atoms with Gasteiger partial charge in [-0.05, 0) is 35.9 Å². The molecular formula is C17H15FO3. The molecule has 0 unspecified atom stereocenters. The van der Waals surface area contributed by atoms with Gasteiger partial charge in [0.05, 0.1) is 12.7 Å². The molecule has 0 heterocycles. The van der Waals surface area contributed by atoms with Crippen LogP contribution in [0.3, 0.4) is 0 Å². The van der Waals surface area contributed by atoms with Crippen molar-refractivity contribution in [2.24, 2.45) is 0 Å². The predicted molar refractivity (Wildman–Crippen MR) is 77.7 cm³/mol. The van der Waals surface area contributed by atoms with E-state index in [1.165, 1.54) is 12.1 Å². The minimum Gasteiger partial charge on any atom is -0.497 e. The highest BCUT2D eigenvalue weighted by Gasteiger charge is 2.04. The Morgan fingerprint density at radius 1 is 1.14 bits per heavy atom. The SMILES string of the molecule is COc1ccc(OCc2ccc(F)cc2)c(C#CCO)c1. The second kappa shape index (κ2) is 7.32. The topological polar surface area (TPSA) is 38.7 Å². The molecule has 0 aliphatic rings. The minimum absolute atomic E-state index is 0.228. The van der Waals surface area contributed by atoms with Crippen LogP contribution < -0.4 is 9.47 Å². The van der Waals surface area contributed by atoms with Gasteiger partial charge in [-0.25, -0.2) is 4.39 Å². The summed E-state index contributed by atoms with van der Waals surface area (Å²) < 4.78 is 23.7. The molecule has 2 aromatic rings. The summed E-state index contributed by atoms with van der Waals surface area (Å²) in [6, 6.07) is 11.4. The third kappa shape index (κ3) is 4.23. The van der Waals surface area contributed by atoms with Crippen molar-refractivity contribution in [3.05, 3.63) is 59.4 Å². The molecule has 3 nitrogen and oxygen atoms in total. The maximum Gasteiger partial charge on any atom is 0.135 e. The molecule has 2 rings (SSSR count). The van der Waals surface area contributed by atoms with Crippen molar-refractivity contribution in [2.45, 2.75) is 6.61 Å². The summed E-state index contributed by atoms with van der Waals surface area (Å²) in [6.07, 6.45) is 0. The maximum absolute atomic E-state index is 12.8. The van der Waals surface area contributed by atoms with E-state index < -0.39 is 0 Å². The zero-order chi connectivity index (χ0) is 15.1. The molecule has 4 heteroatoms. The number of halogens is 1. The summed E-state index contributed by atoms with van der Waals surface area (Å²) in [5.74, 6) is 6.36. The number of methoxy groups -OCH3 is 1. The third-order valence-corrected chi connectivity index (χ3v) is 2.80. The van der Waals surface area contributed by atoms with Crippen LogP contribution in [0.2, 0.25) is 0 Å². The normalized spacial score (nSPS) is 9.67. The fourth-order valence-electron chi connectivity index (χ4n) is 1.74. The Morgan fingerprint density at radius 2 is 1.90 bits per heavy atom. The summed E-state index contributed by atoms with van der Waals surface area (Å²) >= 11 is 0. The molecule has 0 aliphatic carbocycles. The van der Waals surface area contributed by atoms with Gasteiger partial charge in [0.1, 0.15) is 30.5 Å². The number of hydrogen-bond donors (Lipinski definition) is 1. The summed E-state index contributed by atoms with van der Waals surface area (Å²) in [5, 5.41) is 8.80. The van der Waals surface area contributed by atoms with E-state index in [4.69, 9.17) is 14.6 Å². The van der Waals surface area contributed by atoms with E-state index in [1.807, 2.05) is 0 Å². The van der Waals surface area contributed by atoms with Crippen molar-refractivity contribution in [3.63, 3.8) is 0 Å². The Balaban J connectivity index is 2.16. The smallest absolute Gasteiger partial charge is 0.135 e. The molecule has 0 amide bonds. The van der Waals surface area contributed by atoms with Crippen LogP contribution in [0.1, 0.15) is 11.1 Å². The van der Waals surface area contributed by atoms with E-state index in [0.717, 1.165) is 5.56 Å². The van der Waals surface area contributed by atoms with Crippen LogP contribution in [-0.2, 0) is 6.61 Å². The van der Waals surface area contributed by atoms with Crippen LogP contribution in [0.15, 0.2) is 42.5 Å². The lowest BCUT2D eigenvalue weighted by atomic mass is 10.2. The van der Waals surface area contributed by atoms with Crippen LogP contribution in [0.25, 0.3) is 0 Å². The minimum atomic E-state index is -0.280. The lowest BCUT2D eigenvalue weighted by Crippen LogP contribution is -1.98. The lowest BCUT2D eigenvalue weighted by Gasteiger charge is -2.10. The molecule has 0 bridgehead atoms. The Kier molecular flexibility index (Phi) is 5.19. The molecule has 108 valence electrons. The number of aliphatic hydroxyl groups is 1. The quantitative estimate of drug-likeness (QED) is 0.878. The van der Waals surface area contributed by atoms with Gasteiger partial charge >= 0.3 is 0 Å². The largest absolute Gasteiger partial charge is 0.497 e. The standard InChI is InChI=1S/C17H15FO3/c1-20-16-8-9-17(14(11-16)3-2-10-19)21-12-13-4-6-15(18)7-5-13/h4-9,11,19H,10,12H2,1H3. The van der Waals surface area contributed by atoms with E-state index in [2.05, 4.69) is 11.8 Å². The number of aliphatic hydroxyl groups excluding tert-OH is 1. The maximum atomic E-state index is 12.8.